The Morgan fingerprint density at radius 1 is 1.35 bits per heavy atom. The highest BCUT2D eigenvalue weighted by atomic mass is 35.5. The fourth-order valence-corrected chi connectivity index (χ4v) is 1.88. The molecule has 0 aliphatic rings. The molecule has 0 saturated heterocycles. The van der Waals surface area contributed by atoms with E-state index >= 15 is 0 Å². The molecule has 110 valence electrons. The minimum absolute atomic E-state index is 0.182. The van der Waals surface area contributed by atoms with Gasteiger partial charge in [0, 0.05) is 5.02 Å². The van der Waals surface area contributed by atoms with Crippen LogP contribution in [0.4, 0.5) is 5.69 Å². The highest BCUT2D eigenvalue weighted by Crippen LogP contribution is 2.25. The largest absolute Gasteiger partial charge is 0.480 e. The lowest BCUT2D eigenvalue weighted by Crippen LogP contribution is -2.40. The molecule has 1 rings (SSSR count). The maximum absolute atomic E-state index is 11.8. The maximum atomic E-state index is 11.8. The number of amides is 1. The van der Waals surface area contributed by atoms with Crippen molar-refractivity contribution >= 4 is 40.8 Å². The van der Waals surface area contributed by atoms with Gasteiger partial charge in [0.25, 0.3) is 0 Å². The van der Waals surface area contributed by atoms with Gasteiger partial charge in [-0.2, -0.15) is 0 Å². The summed E-state index contributed by atoms with van der Waals surface area (Å²) in [6.45, 7) is 2.44. The van der Waals surface area contributed by atoms with Crippen molar-refractivity contribution in [2.24, 2.45) is 0 Å². The Hall–Kier alpha value is -1.30. The van der Waals surface area contributed by atoms with E-state index in [-0.39, 0.29) is 6.42 Å². The lowest BCUT2D eigenvalue weighted by atomic mass is 10.2. The molecule has 20 heavy (non-hydrogen) atoms. The van der Waals surface area contributed by atoms with Crippen LogP contribution >= 0.6 is 23.2 Å². The number of halogens is 2. The van der Waals surface area contributed by atoms with E-state index in [2.05, 4.69) is 10.6 Å². The van der Waals surface area contributed by atoms with Crippen LogP contribution in [0.15, 0.2) is 18.2 Å². The van der Waals surface area contributed by atoms with Crippen molar-refractivity contribution in [3.8, 4) is 0 Å². The average molecular weight is 319 g/mol. The van der Waals surface area contributed by atoms with Crippen LogP contribution in [0.1, 0.15) is 19.8 Å². The highest BCUT2D eigenvalue weighted by Gasteiger charge is 2.20. The van der Waals surface area contributed by atoms with Gasteiger partial charge in [0.2, 0.25) is 5.91 Å². The zero-order valence-corrected chi connectivity index (χ0v) is 12.5. The molecule has 0 bridgehead atoms. The molecule has 1 unspecified atom stereocenters. The standard InChI is InChI=1S/C13H16Cl2N2O3/c1-2-5-16-11(13(19)20)7-12(18)17-10-6-8(14)3-4-9(10)15/h3-4,6,11,16H,2,5,7H2,1H3,(H,17,18)(H,19,20). The Balaban J connectivity index is 2.65. The molecule has 0 saturated carbocycles. The first kappa shape index (κ1) is 16.8. The van der Waals surface area contributed by atoms with E-state index < -0.39 is 17.9 Å². The topological polar surface area (TPSA) is 78.4 Å². The van der Waals surface area contributed by atoms with E-state index in [4.69, 9.17) is 28.3 Å². The summed E-state index contributed by atoms with van der Waals surface area (Å²) in [6.07, 6.45) is 0.601. The van der Waals surface area contributed by atoms with Gasteiger partial charge in [-0.3, -0.25) is 9.59 Å². The van der Waals surface area contributed by atoms with E-state index in [1.165, 1.54) is 6.07 Å². The van der Waals surface area contributed by atoms with Crippen LogP contribution in [-0.4, -0.2) is 29.6 Å². The van der Waals surface area contributed by atoms with Crippen molar-refractivity contribution in [2.45, 2.75) is 25.8 Å². The second-order valence-electron chi connectivity index (χ2n) is 4.22. The molecular formula is C13H16Cl2N2O3. The highest BCUT2D eigenvalue weighted by molar-refractivity contribution is 6.35. The molecule has 7 heteroatoms. The number of hydrogen-bond donors (Lipinski definition) is 3. The summed E-state index contributed by atoms with van der Waals surface area (Å²) in [5.41, 5.74) is 0.365. The molecule has 5 nitrogen and oxygen atoms in total. The van der Waals surface area contributed by atoms with Crippen molar-refractivity contribution in [3.05, 3.63) is 28.2 Å². The number of carbonyl (C=O) groups is 2. The molecule has 1 atom stereocenters. The molecule has 0 aliphatic carbocycles. The summed E-state index contributed by atoms with van der Waals surface area (Å²) < 4.78 is 0. The third kappa shape index (κ3) is 5.36. The van der Waals surface area contributed by atoms with Gasteiger partial charge in [-0.25, -0.2) is 0 Å². The van der Waals surface area contributed by atoms with Crippen molar-refractivity contribution in [3.63, 3.8) is 0 Å². The van der Waals surface area contributed by atoms with Crippen LogP contribution in [0.25, 0.3) is 0 Å². The quantitative estimate of drug-likeness (QED) is 0.722. The van der Waals surface area contributed by atoms with Crippen LogP contribution in [0.3, 0.4) is 0 Å². The molecule has 0 aliphatic heterocycles. The molecule has 1 aromatic rings. The molecular weight excluding hydrogens is 303 g/mol. The second kappa shape index (κ2) is 8.09. The van der Waals surface area contributed by atoms with E-state index in [9.17, 15) is 9.59 Å². The van der Waals surface area contributed by atoms with E-state index in [1.807, 2.05) is 6.92 Å². The molecule has 1 aromatic carbocycles. The monoisotopic (exact) mass is 318 g/mol. The van der Waals surface area contributed by atoms with E-state index in [1.54, 1.807) is 12.1 Å². The summed E-state index contributed by atoms with van der Waals surface area (Å²) in [5, 5.41) is 15.1. The number of benzene rings is 1. The minimum Gasteiger partial charge on any atom is -0.480 e. The number of carbonyl (C=O) groups excluding carboxylic acids is 1. The maximum Gasteiger partial charge on any atom is 0.321 e. The summed E-state index contributed by atoms with van der Waals surface area (Å²) in [7, 11) is 0. The average Bonchev–Trinajstić information content (AvgIpc) is 2.38. The minimum atomic E-state index is -1.06. The first-order valence-corrected chi connectivity index (χ1v) is 6.90. The molecule has 1 amide bonds. The smallest absolute Gasteiger partial charge is 0.321 e. The molecule has 0 radical (unpaired) electrons. The molecule has 0 fully saturated rings. The van der Waals surface area contributed by atoms with Gasteiger partial charge in [-0.05, 0) is 31.2 Å². The fourth-order valence-electron chi connectivity index (χ4n) is 1.55. The van der Waals surface area contributed by atoms with Gasteiger partial charge in [-0.15, -0.1) is 0 Å². The lowest BCUT2D eigenvalue weighted by Gasteiger charge is -2.14. The van der Waals surface area contributed by atoms with Crippen LogP contribution < -0.4 is 10.6 Å². The predicted octanol–water partition coefficient (Wildman–Crippen LogP) is 2.77. The summed E-state index contributed by atoms with van der Waals surface area (Å²) in [4.78, 5) is 22.9. The molecule has 3 N–H and O–H groups in total. The Morgan fingerprint density at radius 3 is 2.65 bits per heavy atom. The van der Waals surface area contributed by atoms with Crippen molar-refractivity contribution in [1.82, 2.24) is 5.32 Å². The van der Waals surface area contributed by atoms with Gasteiger partial charge < -0.3 is 15.7 Å². The summed E-state index contributed by atoms with van der Waals surface area (Å²) >= 11 is 11.7. The van der Waals surface area contributed by atoms with Gasteiger partial charge >= 0.3 is 5.97 Å². The van der Waals surface area contributed by atoms with Gasteiger partial charge in [0.1, 0.15) is 6.04 Å². The molecule has 0 heterocycles. The van der Waals surface area contributed by atoms with E-state index in [0.717, 1.165) is 6.42 Å². The number of aliphatic carboxylic acids is 1. The third-order valence-electron chi connectivity index (χ3n) is 2.53. The Morgan fingerprint density at radius 2 is 2.05 bits per heavy atom. The number of hydrogen-bond acceptors (Lipinski definition) is 3. The SMILES string of the molecule is CCCNC(CC(=O)Nc1cc(Cl)ccc1Cl)C(=O)O. The summed E-state index contributed by atoms with van der Waals surface area (Å²) in [6, 6.07) is 3.75. The van der Waals surface area contributed by atoms with Crippen molar-refractivity contribution < 1.29 is 14.7 Å². The van der Waals surface area contributed by atoms with Crippen LogP contribution in [0.5, 0.6) is 0 Å². The van der Waals surface area contributed by atoms with Gasteiger partial charge in [0.05, 0.1) is 17.1 Å². The second-order valence-corrected chi connectivity index (χ2v) is 5.07. The summed E-state index contributed by atoms with van der Waals surface area (Å²) in [5.74, 6) is -1.50. The van der Waals surface area contributed by atoms with Crippen molar-refractivity contribution in [2.75, 3.05) is 11.9 Å². The van der Waals surface area contributed by atoms with Crippen LogP contribution in [0.2, 0.25) is 10.0 Å². The number of nitrogens with one attached hydrogen (secondary N) is 2. The number of anilines is 1. The Labute approximate surface area is 127 Å². The molecule has 0 aromatic heterocycles. The first-order chi connectivity index (χ1) is 9.43. The van der Waals surface area contributed by atoms with Crippen LogP contribution in [-0.2, 0) is 9.59 Å². The zero-order valence-electron chi connectivity index (χ0n) is 11.0. The number of rotatable bonds is 7. The van der Waals surface area contributed by atoms with Gasteiger partial charge in [-0.1, -0.05) is 30.1 Å². The lowest BCUT2D eigenvalue weighted by molar-refractivity contribution is -0.141. The predicted molar refractivity (Wildman–Crippen MR) is 79.4 cm³/mol. The third-order valence-corrected chi connectivity index (χ3v) is 3.10. The molecule has 0 spiro atoms. The Bertz CT molecular complexity index is 495. The van der Waals surface area contributed by atoms with E-state index in [0.29, 0.717) is 22.3 Å². The van der Waals surface area contributed by atoms with Crippen LogP contribution in [0, 0.1) is 0 Å². The number of carboxylic acid groups (broad SMARTS) is 1. The Kier molecular flexibility index (Phi) is 6.78. The van der Waals surface area contributed by atoms with Crippen molar-refractivity contribution in [1.29, 1.82) is 0 Å². The van der Waals surface area contributed by atoms with Gasteiger partial charge in [0.15, 0.2) is 0 Å². The fraction of sp³-hybridized carbons (Fsp3) is 0.385. The number of carboxylic acids is 1. The normalized spacial score (nSPS) is 11.9. The zero-order chi connectivity index (χ0) is 15.1. The first-order valence-electron chi connectivity index (χ1n) is 6.15.